The maximum Gasteiger partial charge on any atom is 0.416 e. The first-order chi connectivity index (χ1) is 8.43. The van der Waals surface area contributed by atoms with Crippen molar-refractivity contribution in [3.8, 4) is 11.8 Å². The minimum absolute atomic E-state index is 0.0902. The molecule has 0 amide bonds. The molecule has 0 aliphatic rings. The van der Waals surface area contributed by atoms with Crippen molar-refractivity contribution in [2.75, 3.05) is 0 Å². The summed E-state index contributed by atoms with van der Waals surface area (Å²) in [6.45, 7) is 1.57. The Hall–Kier alpha value is -2.36. The molecule has 0 atom stereocenters. The van der Waals surface area contributed by atoms with Gasteiger partial charge in [-0.15, -0.1) is 5.10 Å². The number of hydrogen-bond donors (Lipinski definition) is 0. The van der Waals surface area contributed by atoms with E-state index in [1.165, 1.54) is 16.8 Å². The van der Waals surface area contributed by atoms with Gasteiger partial charge in [-0.3, -0.25) is 0 Å². The Bertz CT molecular complexity index is 622. The summed E-state index contributed by atoms with van der Waals surface area (Å²) < 4.78 is 38.9. The van der Waals surface area contributed by atoms with Gasteiger partial charge in [0.2, 0.25) is 0 Å². The summed E-state index contributed by atoms with van der Waals surface area (Å²) in [7, 11) is 0. The molecule has 0 N–H and O–H groups in total. The number of alkyl halides is 3. The first-order valence-corrected chi connectivity index (χ1v) is 4.93. The summed E-state index contributed by atoms with van der Waals surface area (Å²) in [4.78, 5) is 0. The fraction of sp³-hybridized carbons (Fsp3) is 0.182. The van der Waals surface area contributed by atoms with Gasteiger partial charge in [-0.1, -0.05) is 11.3 Å². The highest BCUT2D eigenvalue weighted by atomic mass is 19.4. The number of nitrogens with zero attached hydrogens (tertiary/aromatic N) is 4. The molecule has 18 heavy (non-hydrogen) atoms. The van der Waals surface area contributed by atoms with Crippen LogP contribution in [-0.2, 0) is 6.18 Å². The summed E-state index contributed by atoms with van der Waals surface area (Å²) in [6.07, 6.45) is -4.41. The van der Waals surface area contributed by atoms with Crippen molar-refractivity contribution in [2.24, 2.45) is 0 Å². The first-order valence-electron chi connectivity index (χ1n) is 4.93. The van der Waals surface area contributed by atoms with Gasteiger partial charge in [-0.05, 0) is 25.1 Å². The van der Waals surface area contributed by atoms with Crippen LogP contribution >= 0.6 is 0 Å². The predicted molar refractivity (Wildman–Crippen MR) is 55.8 cm³/mol. The zero-order valence-electron chi connectivity index (χ0n) is 9.23. The molecule has 0 aliphatic carbocycles. The molecule has 0 unspecified atom stereocenters. The SMILES string of the molecule is Cc1c(C#N)nnn1-c1cccc(C(F)(F)F)c1. The highest BCUT2D eigenvalue weighted by Gasteiger charge is 2.30. The van der Waals surface area contributed by atoms with Gasteiger partial charge in [0.05, 0.1) is 16.9 Å². The van der Waals surface area contributed by atoms with Gasteiger partial charge in [-0.25, -0.2) is 4.68 Å². The van der Waals surface area contributed by atoms with Crippen molar-refractivity contribution in [3.05, 3.63) is 41.2 Å². The Morgan fingerprint density at radius 1 is 1.33 bits per heavy atom. The third-order valence-electron chi connectivity index (χ3n) is 2.42. The van der Waals surface area contributed by atoms with Gasteiger partial charge in [-0.2, -0.15) is 18.4 Å². The van der Waals surface area contributed by atoms with Crippen LogP contribution in [0.25, 0.3) is 5.69 Å². The van der Waals surface area contributed by atoms with Gasteiger partial charge in [0, 0.05) is 0 Å². The van der Waals surface area contributed by atoms with E-state index in [-0.39, 0.29) is 11.4 Å². The standard InChI is InChI=1S/C11H7F3N4/c1-7-10(6-15)16-17-18(7)9-4-2-3-8(5-9)11(12,13)14/h2-5H,1H3. The Morgan fingerprint density at radius 2 is 2.06 bits per heavy atom. The molecule has 2 aromatic rings. The molecule has 0 bridgehead atoms. The van der Waals surface area contributed by atoms with Crippen molar-refractivity contribution >= 4 is 0 Å². The van der Waals surface area contributed by atoms with Gasteiger partial charge < -0.3 is 0 Å². The van der Waals surface area contributed by atoms with Crippen molar-refractivity contribution in [1.82, 2.24) is 15.0 Å². The zero-order chi connectivity index (χ0) is 13.3. The fourth-order valence-electron chi connectivity index (χ4n) is 1.49. The zero-order valence-corrected chi connectivity index (χ0v) is 9.23. The second-order valence-electron chi connectivity index (χ2n) is 3.60. The molecule has 2 rings (SSSR count). The Kier molecular flexibility index (Phi) is 2.79. The van der Waals surface area contributed by atoms with Crippen LogP contribution in [0, 0.1) is 18.3 Å². The molecule has 0 saturated heterocycles. The summed E-state index contributed by atoms with van der Waals surface area (Å²) in [6, 6.07) is 6.50. The molecule has 92 valence electrons. The van der Waals surface area contributed by atoms with Crippen molar-refractivity contribution in [2.45, 2.75) is 13.1 Å². The Morgan fingerprint density at radius 3 is 2.61 bits per heavy atom. The lowest BCUT2D eigenvalue weighted by Crippen LogP contribution is -2.07. The number of rotatable bonds is 1. The van der Waals surface area contributed by atoms with Crippen LogP contribution in [0.15, 0.2) is 24.3 Å². The highest BCUT2D eigenvalue weighted by Crippen LogP contribution is 2.30. The average Bonchev–Trinajstić information content (AvgIpc) is 2.69. The second-order valence-corrected chi connectivity index (χ2v) is 3.60. The molecule has 4 nitrogen and oxygen atoms in total. The molecule has 0 radical (unpaired) electrons. The van der Waals surface area contributed by atoms with E-state index in [4.69, 9.17) is 5.26 Å². The topological polar surface area (TPSA) is 54.5 Å². The molecule has 0 aliphatic heterocycles. The molecule has 7 heteroatoms. The van der Waals surface area contributed by atoms with Crippen LogP contribution in [-0.4, -0.2) is 15.0 Å². The van der Waals surface area contributed by atoms with Crippen LogP contribution in [0.2, 0.25) is 0 Å². The summed E-state index contributed by atoms with van der Waals surface area (Å²) in [5.74, 6) is 0. The molecule has 1 aromatic carbocycles. The normalized spacial score (nSPS) is 11.3. The molecule has 1 aromatic heterocycles. The van der Waals surface area contributed by atoms with E-state index < -0.39 is 11.7 Å². The third-order valence-corrected chi connectivity index (χ3v) is 2.42. The van der Waals surface area contributed by atoms with Gasteiger partial charge in [0.1, 0.15) is 6.07 Å². The maximum absolute atomic E-state index is 12.6. The van der Waals surface area contributed by atoms with E-state index in [9.17, 15) is 13.2 Å². The lowest BCUT2D eigenvalue weighted by Gasteiger charge is -2.09. The summed E-state index contributed by atoms with van der Waals surface area (Å²) in [5.41, 5.74) is -0.0611. The lowest BCUT2D eigenvalue weighted by molar-refractivity contribution is -0.137. The van der Waals surface area contributed by atoms with Crippen LogP contribution in [0.4, 0.5) is 13.2 Å². The molecule has 0 saturated carbocycles. The summed E-state index contributed by atoms with van der Waals surface area (Å²) in [5, 5.41) is 15.9. The number of nitriles is 1. The lowest BCUT2D eigenvalue weighted by atomic mass is 10.2. The number of aromatic nitrogens is 3. The smallest absolute Gasteiger partial charge is 0.216 e. The van der Waals surface area contributed by atoms with E-state index in [0.717, 1.165) is 12.1 Å². The van der Waals surface area contributed by atoms with Crippen molar-refractivity contribution < 1.29 is 13.2 Å². The van der Waals surface area contributed by atoms with Crippen molar-refractivity contribution in [3.63, 3.8) is 0 Å². The van der Waals surface area contributed by atoms with Crippen LogP contribution < -0.4 is 0 Å². The molecule has 1 heterocycles. The molecular weight excluding hydrogens is 245 g/mol. The second kappa shape index (κ2) is 4.14. The third kappa shape index (κ3) is 2.05. The first kappa shape index (κ1) is 12.1. The van der Waals surface area contributed by atoms with Crippen LogP contribution in [0.3, 0.4) is 0 Å². The van der Waals surface area contributed by atoms with Crippen LogP contribution in [0.5, 0.6) is 0 Å². The van der Waals surface area contributed by atoms with Gasteiger partial charge in [0.25, 0.3) is 0 Å². The van der Waals surface area contributed by atoms with Crippen LogP contribution in [0.1, 0.15) is 17.0 Å². The molecule has 0 fully saturated rings. The monoisotopic (exact) mass is 252 g/mol. The molecular formula is C11H7F3N4. The quantitative estimate of drug-likeness (QED) is 0.783. The summed E-state index contributed by atoms with van der Waals surface area (Å²) >= 11 is 0. The minimum Gasteiger partial charge on any atom is -0.216 e. The van der Waals surface area contributed by atoms with E-state index in [1.54, 1.807) is 6.92 Å². The van der Waals surface area contributed by atoms with E-state index in [0.29, 0.717) is 5.69 Å². The highest BCUT2D eigenvalue weighted by molar-refractivity contribution is 5.39. The van der Waals surface area contributed by atoms with E-state index >= 15 is 0 Å². The minimum atomic E-state index is -4.41. The molecule has 0 spiro atoms. The van der Waals surface area contributed by atoms with E-state index in [1.807, 2.05) is 6.07 Å². The average molecular weight is 252 g/mol. The fourth-order valence-corrected chi connectivity index (χ4v) is 1.49. The van der Waals surface area contributed by atoms with Gasteiger partial charge in [0.15, 0.2) is 5.69 Å². The predicted octanol–water partition coefficient (Wildman–Crippen LogP) is 2.47. The van der Waals surface area contributed by atoms with Crippen molar-refractivity contribution in [1.29, 1.82) is 5.26 Å². The van der Waals surface area contributed by atoms with Gasteiger partial charge >= 0.3 is 6.18 Å². The van der Waals surface area contributed by atoms with E-state index in [2.05, 4.69) is 10.3 Å². The maximum atomic E-state index is 12.6. The Balaban J connectivity index is 2.52. The Labute approximate surface area is 100 Å². The largest absolute Gasteiger partial charge is 0.416 e. The number of hydrogen-bond acceptors (Lipinski definition) is 3. The number of benzene rings is 1. The number of halogens is 3.